The van der Waals surface area contributed by atoms with Gasteiger partial charge in [-0.1, -0.05) is 11.2 Å². The van der Waals surface area contributed by atoms with Crippen molar-refractivity contribution in [3.8, 4) is 0 Å². The highest BCUT2D eigenvalue weighted by Gasteiger charge is 2.10. The summed E-state index contributed by atoms with van der Waals surface area (Å²) in [6.07, 6.45) is 0. The molecular weight excluding hydrogens is 279 g/mol. The van der Waals surface area contributed by atoms with Gasteiger partial charge in [-0.2, -0.15) is 5.10 Å². The summed E-state index contributed by atoms with van der Waals surface area (Å²) in [6.45, 7) is 1.92. The number of nitrogens with zero attached hydrogens (tertiary/aromatic N) is 3. The van der Waals surface area contributed by atoms with Gasteiger partial charge in [-0.15, -0.1) is 11.8 Å². The van der Waals surface area contributed by atoms with Crippen LogP contribution in [-0.2, 0) is 12.8 Å². The maximum absolute atomic E-state index is 13.3. The third-order valence-corrected chi connectivity index (χ3v) is 3.92. The highest BCUT2D eigenvalue weighted by atomic mass is 32.2. The van der Waals surface area contributed by atoms with Crippen LogP contribution < -0.4 is 5.73 Å². The number of hydrogen-bond donors (Lipinski definition) is 2. The highest BCUT2D eigenvalue weighted by Crippen LogP contribution is 2.25. The van der Waals surface area contributed by atoms with E-state index in [1.165, 1.54) is 12.1 Å². The van der Waals surface area contributed by atoms with Crippen LogP contribution in [0.5, 0.6) is 0 Å². The predicted molar refractivity (Wildman–Crippen MR) is 76.4 cm³/mol. The number of oxime groups is 1. The zero-order valence-corrected chi connectivity index (χ0v) is 12.0. The van der Waals surface area contributed by atoms with E-state index in [1.54, 1.807) is 22.5 Å². The second kappa shape index (κ2) is 5.96. The van der Waals surface area contributed by atoms with E-state index in [0.717, 1.165) is 16.3 Å². The summed E-state index contributed by atoms with van der Waals surface area (Å²) >= 11 is 1.55. The number of nitrogens with two attached hydrogens (primary N) is 1. The van der Waals surface area contributed by atoms with E-state index < -0.39 is 5.82 Å². The van der Waals surface area contributed by atoms with Gasteiger partial charge >= 0.3 is 0 Å². The van der Waals surface area contributed by atoms with Crippen LogP contribution in [0.1, 0.15) is 16.8 Å². The Morgan fingerprint density at radius 2 is 2.25 bits per heavy atom. The molecule has 0 bridgehead atoms. The van der Waals surface area contributed by atoms with Crippen LogP contribution in [0.3, 0.4) is 0 Å². The first kappa shape index (κ1) is 14.4. The zero-order valence-electron chi connectivity index (χ0n) is 11.2. The van der Waals surface area contributed by atoms with Crippen molar-refractivity contribution in [1.82, 2.24) is 9.78 Å². The van der Waals surface area contributed by atoms with Crippen LogP contribution >= 0.6 is 11.8 Å². The Morgan fingerprint density at radius 1 is 1.50 bits per heavy atom. The van der Waals surface area contributed by atoms with Crippen LogP contribution in [0.25, 0.3) is 0 Å². The molecule has 7 heteroatoms. The van der Waals surface area contributed by atoms with Gasteiger partial charge < -0.3 is 10.9 Å². The maximum atomic E-state index is 13.3. The van der Waals surface area contributed by atoms with Crippen molar-refractivity contribution in [1.29, 1.82) is 0 Å². The number of rotatable bonds is 4. The van der Waals surface area contributed by atoms with Crippen molar-refractivity contribution < 1.29 is 9.60 Å². The van der Waals surface area contributed by atoms with Crippen molar-refractivity contribution in [3.05, 3.63) is 46.9 Å². The third-order valence-electron chi connectivity index (χ3n) is 2.79. The summed E-state index contributed by atoms with van der Waals surface area (Å²) in [6, 6.07) is 6.23. The Bertz CT molecular complexity index is 654. The van der Waals surface area contributed by atoms with Crippen molar-refractivity contribution in [2.45, 2.75) is 17.7 Å². The van der Waals surface area contributed by atoms with Gasteiger partial charge in [0.1, 0.15) is 5.82 Å². The predicted octanol–water partition coefficient (Wildman–Crippen LogP) is 2.25. The molecule has 20 heavy (non-hydrogen) atoms. The monoisotopic (exact) mass is 294 g/mol. The summed E-state index contributed by atoms with van der Waals surface area (Å²) in [5, 5.41) is 17.0. The molecule has 0 saturated carbocycles. The topological polar surface area (TPSA) is 76.4 Å². The lowest BCUT2D eigenvalue weighted by atomic mass is 10.1. The Labute approximate surface area is 120 Å². The molecule has 1 aromatic heterocycles. The zero-order chi connectivity index (χ0) is 14.7. The fourth-order valence-corrected chi connectivity index (χ4v) is 2.88. The van der Waals surface area contributed by atoms with E-state index in [4.69, 9.17) is 10.9 Å². The second-order valence-electron chi connectivity index (χ2n) is 4.32. The summed E-state index contributed by atoms with van der Waals surface area (Å²) in [7, 11) is 1.87. The normalized spacial score (nSPS) is 11.8. The van der Waals surface area contributed by atoms with E-state index in [0.29, 0.717) is 11.3 Å². The molecule has 0 aliphatic rings. The van der Waals surface area contributed by atoms with Crippen molar-refractivity contribution in [2.24, 2.45) is 17.9 Å². The van der Waals surface area contributed by atoms with Crippen molar-refractivity contribution in [3.63, 3.8) is 0 Å². The van der Waals surface area contributed by atoms with Crippen LogP contribution in [-0.4, -0.2) is 20.8 Å². The Morgan fingerprint density at radius 3 is 2.85 bits per heavy atom. The smallest absolute Gasteiger partial charge is 0.170 e. The molecule has 0 atom stereocenters. The van der Waals surface area contributed by atoms with Crippen LogP contribution in [0.4, 0.5) is 4.39 Å². The second-order valence-corrected chi connectivity index (χ2v) is 5.32. The van der Waals surface area contributed by atoms with E-state index in [1.807, 2.05) is 20.0 Å². The van der Waals surface area contributed by atoms with Gasteiger partial charge in [0.2, 0.25) is 0 Å². The minimum atomic E-state index is -0.420. The molecule has 106 valence electrons. The molecule has 1 aromatic carbocycles. The number of benzene rings is 1. The fraction of sp³-hybridized carbons (Fsp3) is 0.231. The van der Waals surface area contributed by atoms with Crippen LogP contribution in [0.2, 0.25) is 0 Å². The molecule has 3 N–H and O–H groups in total. The number of aryl methyl sites for hydroxylation is 2. The van der Waals surface area contributed by atoms with E-state index >= 15 is 0 Å². The molecule has 0 amide bonds. The van der Waals surface area contributed by atoms with Gasteiger partial charge in [0, 0.05) is 18.4 Å². The molecule has 0 fully saturated rings. The standard InChI is InChI=1S/C13H15FN4OS/c1-8-5-12(18(2)16-8)20-7-9-3-4-10(14)6-11(9)13(15)17-19/h3-6,19H,7H2,1-2H3,(H2,15,17). The first-order valence-corrected chi connectivity index (χ1v) is 6.89. The van der Waals surface area contributed by atoms with Gasteiger partial charge in [-0.25, -0.2) is 4.39 Å². The highest BCUT2D eigenvalue weighted by molar-refractivity contribution is 7.98. The summed E-state index contributed by atoms with van der Waals surface area (Å²) < 4.78 is 15.0. The molecule has 1 heterocycles. The largest absolute Gasteiger partial charge is 0.409 e. The summed E-state index contributed by atoms with van der Waals surface area (Å²) in [5.41, 5.74) is 7.71. The van der Waals surface area contributed by atoms with Gasteiger partial charge in [0.15, 0.2) is 5.84 Å². The average molecular weight is 294 g/mol. The number of hydrogen-bond acceptors (Lipinski definition) is 4. The molecule has 0 aliphatic heterocycles. The molecule has 0 aliphatic carbocycles. The average Bonchev–Trinajstić information content (AvgIpc) is 2.74. The minimum Gasteiger partial charge on any atom is -0.409 e. The molecule has 5 nitrogen and oxygen atoms in total. The maximum Gasteiger partial charge on any atom is 0.170 e. The molecule has 2 rings (SSSR count). The number of thioether (sulfide) groups is 1. The first-order chi connectivity index (χ1) is 9.51. The van der Waals surface area contributed by atoms with E-state index in [2.05, 4.69) is 10.3 Å². The third kappa shape index (κ3) is 3.11. The summed E-state index contributed by atoms with van der Waals surface area (Å²) in [5.74, 6) is 0.0585. The van der Waals surface area contributed by atoms with Gasteiger partial charge in [-0.05, 0) is 30.7 Å². The first-order valence-electron chi connectivity index (χ1n) is 5.91. The lowest BCUT2D eigenvalue weighted by Crippen LogP contribution is -2.15. The number of aromatic nitrogens is 2. The SMILES string of the molecule is Cc1cc(SCc2ccc(F)cc2C(N)=NO)n(C)n1. The van der Waals surface area contributed by atoms with Crippen LogP contribution in [0, 0.1) is 12.7 Å². The van der Waals surface area contributed by atoms with E-state index in [9.17, 15) is 4.39 Å². The van der Waals surface area contributed by atoms with Crippen molar-refractivity contribution >= 4 is 17.6 Å². The summed E-state index contributed by atoms with van der Waals surface area (Å²) in [4.78, 5) is 0. The van der Waals surface area contributed by atoms with Gasteiger partial charge in [-0.3, -0.25) is 4.68 Å². The quantitative estimate of drug-likeness (QED) is 0.298. The molecule has 0 spiro atoms. The lowest BCUT2D eigenvalue weighted by Gasteiger charge is -2.08. The lowest BCUT2D eigenvalue weighted by molar-refractivity contribution is 0.318. The van der Waals surface area contributed by atoms with Crippen LogP contribution in [0.15, 0.2) is 34.4 Å². The number of amidine groups is 1. The van der Waals surface area contributed by atoms with E-state index in [-0.39, 0.29) is 5.84 Å². The fourth-order valence-electron chi connectivity index (χ4n) is 1.84. The van der Waals surface area contributed by atoms with Crippen molar-refractivity contribution in [2.75, 3.05) is 0 Å². The molecule has 2 aromatic rings. The molecule has 0 unspecified atom stereocenters. The molecule has 0 saturated heterocycles. The minimum absolute atomic E-state index is 0.0960. The Balaban J connectivity index is 2.23. The van der Waals surface area contributed by atoms with Gasteiger partial charge in [0.25, 0.3) is 0 Å². The van der Waals surface area contributed by atoms with Gasteiger partial charge in [0.05, 0.1) is 10.7 Å². The number of halogens is 1. The Kier molecular flexibility index (Phi) is 4.29. The molecular formula is C13H15FN4OS. The Hall–Kier alpha value is -2.02. The molecule has 0 radical (unpaired) electrons.